The number of aromatic nitrogens is 1. The van der Waals surface area contributed by atoms with Crippen LogP contribution in [0, 0.1) is 0 Å². The molecule has 178 valence electrons. The maximum atomic E-state index is 12.9. The van der Waals surface area contributed by atoms with E-state index in [1.165, 1.54) is 25.4 Å². The number of halogens is 1. The minimum atomic E-state index is -0.727. The van der Waals surface area contributed by atoms with E-state index in [1.54, 1.807) is 48.4 Å². The second-order valence-corrected chi connectivity index (χ2v) is 6.61. The molecule has 0 unspecified atom stereocenters. The van der Waals surface area contributed by atoms with Crippen molar-refractivity contribution in [1.82, 2.24) is 9.88 Å². The Kier molecular flexibility index (Phi) is 14.4. The van der Waals surface area contributed by atoms with Crippen LogP contribution in [0.1, 0.15) is 54.9 Å². The average molecular weight is 454 g/mol. The normalized spacial score (nSPS) is 14.4. The highest BCUT2D eigenvalue weighted by atomic mass is 19.1. The lowest BCUT2D eigenvalue weighted by atomic mass is 10.0. The van der Waals surface area contributed by atoms with E-state index in [1.807, 2.05) is 40.7 Å². The zero-order valence-electron chi connectivity index (χ0n) is 20.8. The molecule has 0 saturated heterocycles. The Balaban J connectivity index is 0.00000242. The molecule has 0 saturated carbocycles. The molecule has 0 aliphatic carbocycles. The van der Waals surface area contributed by atoms with Crippen molar-refractivity contribution in [2.45, 2.75) is 54.9 Å². The van der Waals surface area contributed by atoms with Crippen LogP contribution in [0.3, 0.4) is 0 Å². The molecule has 1 aromatic heterocycles. The molecule has 0 bridgehead atoms. The Bertz CT molecular complexity index is 951. The summed E-state index contributed by atoms with van der Waals surface area (Å²) in [5.41, 5.74) is 2.96. The van der Waals surface area contributed by atoms with Gasteiger partial charge in [-0.15, -0.1) is 0 Å². The number of allylic oxidation sites excluding steroid dienone is 7. The lowest BCUT2D eigenvalue weighted by Gasteiger charge is -2.27. The lowest BCUT2D eigenvalue weighted by Crippen LogP contribution is -2.27. The van der Waals surface area contributed by atoms with Gasteiger partial charge in [0, 0.05) is 42.0 Å². The van der Waals surface area contributed by atoms with E-state index in [-0.39, 0.29) is 5.83 Å². The fourth-order valence-corrected chi connectivity index (χ4v) is 2.66. The molecule has 1 amide bonds. The van der Waals surface area contributed by atoms with Crippen molar-refractivity contribution in [3.05, 3.63) is 96.1 Å². The summed E-state index contributed by atoms with van der Waals surface area (Å²) in [6.07, 6.45) is 13.7. The van der Waals surface area contributed by atoms with Crippen LogP contribution in [0.25, 0.3) is 0 Å². The molecule has 0 radical (unpaired) electrons. The quantitative estimate of drug-likeness (QED) is 0.274. The standard InChI is InChI=1S/C23H24FN3O2.2C2H6/c1-16(8-9-17(2)24)15-18(3)27-14-6-5-7-21(27)19(4)22(28)23(29)26-20-10-12-25-13-11-20;2*1-2/h5-14H,3,15H2,1-2,4H3,(H,25,26,29);2*1-2H3/b16-8+,17-9+,21-19+;;. The molecule has 0 atom stereocenters. The monoisotopic (exact) mass is 453 g/mol. The SMILES string of the molecule is C=C(C/C(C)=C/C=C(\C)F)N1C=CC=C/C1=C(/C)C(=O)C(=O)Nc1ccncc1.CC.CC. The van der Waals surface area contributed by atoms with Gasteiger partial charge in [0.1, 0.15) is 0 Å². The molecule has 33 heavy (non-hydrogen) atoms. The van der Waals surface area contributed by atoms with Crippen molar-refractivity contribution in [3.8, 4) is 0 Å². The molecule has 1 aliphatic rings. The van der Waals surface area contributed by atoms with E-state index in [2.05, 4.69) is 16.9 Å². The molecule has 0 aromatic carbocycles. The molecule has 2 heterocycles. The zero-order valence-corrected chi connectivity index (χ0v) is 20.8. The van der Waals surface area contributed by atoms with Gasteiger partial charge in [0.2, 0.25) is 5.78 Å². The maximum absolute atomic E-state index is 12.9. The number of anilines is 1. The molecule has 1 aliphatic heterocycles. The molecule has 5 nitrogen and oxygen atoms in total. The van der Waals surface area contributed by atoms with Gasteiger partial charge < -0.3 is 10.2 Å². The van der Waals surface area contributed by atoms with Gasteiger partial charge >= 0.3 is 0 Å². The van der Waals surface area contributed by atoms with Crippen molar-refractivity contribution in [1.29, 1.82) is 0 Å². The van der Waals surface area contributed by atoms with Crippen molar-refractivity contribution in [2.75, 3.05) is 5.32 Å². The Morgan fingerprint density at radius 1 is 1.06 bits per heavy atom. The van der Waals surface area contributed by atoms with E-state index in [4.69, 9.17) is 0 Å². The van der Waals surface area contributed by atoms with E-state index in [9.17, 15) is 14.0 Å². The molecule has 6 heteroatoms. The summed E-state index contributed by atoms with van der Waals surface area (Å²) in [6.45, 7) is 16.9. The number of carbonyl (C=O) groups excluding carboxylic acids is 2. The predicted octanol–water partition coefficient (Wildman–Crippen LogP) is 7.02. The summed E-state index contributed by atoms with van der Waals surface area (Å²) >= 11 is 0. The molecule has 2 rings (SSSR count). The fraction of sp³-hybridized carbons (Fsp3) is 0.296. The summed E-state index contributed by atoms with van der Waals surface area (Å²) in [5.74, 6) is -1.65. The maximum Gasteiger partial charge on any atom is 0.296 e. The number of ketones is 1. The van der Waals surface area contributed by atoms with Crippen molar-refractivity contribution >= 4 is 17.4 Å². The third-order valence-electron chi connectivity index (χ3n) is 4.15. The number of nitrogens with zero attached hydrogens (tertiary/aromatic N) is 2. The second kappa shape index (κ2) is 16.1. The minimum Gasteiger partial charge on any atom is -0.321 e. The van der Waals surface area contributed by atoms with Gasteiger partial charge in [-0.1, -0.05) is 52.0 Å². The highest BCUT2D eigenvalue weighted by Gasteiger charge is 2.22. The van der Waals surface area contributed by atoms with Gasteiger partial charge in [-0.3, -0.25) is 14.6 Å². The molecular formula is C27H36FN3O2. The van der Waals surface area contributed by atoms with Crippen molar-refractivity contribution < 1.29 is 14.0 Å². The first-order valence-corrected chi connectivity index (χ1v) is 11.1. The van der Waals surface area contributed by atoms with Crippen molar-refractivity contribution in [2.24, 2.45) is 0 Å². The van der Waals surface area contributed by atoms with Crippen LogP contribution in [0.15, 0.2) is 96.1 Å². The molecule has 0 spiro atoms. The molecular weight excluding hydrogens is 417 g/mol. The first-order chi connectivity index (χ1) is 15.8. The van der Waals surface area contributed by atoms with Gasteiger partial charge in [0.15, 0.2) is 0 Å². The summed E-state index contributed by atoms with van der Waals surface area (Å²) in [4.78, 5) is 30.6. The lowest BCUT2D eigenvalue weighted by molar-refractivity contribution is -0.132. The van der Waals surface area contributed by atoms with Gasteiger partial charge in [0.05, 0.1) is 11.5 Å². The number of pyridine rings is 1. The largest absolute Gasteiger partial charge is 0.321 e. The third-order valence-corrected chi connectivity index (χ3v) is 4.15. The average Bonchev–Trinajstić information content (AvgIpc) is 2.84. The highest BCUT2D eigenvalue weighted by Crippen LogP contribution is 2.25. The van der Waals surface area contributed by atoms with Crippen molar-refractivity contribution in [3.63, 3.8) is 0 Å². The van der Waals surface area contributed by atoms with Crippen LogP contribution in [-0.4, -0.2) is 21.6 Å². The number of carbonyl (C=O) groups is 2. The van der Waals surface area contributed by atoms with E-state index in [0.717, 1.165) is 5.57 Å². The summed E-state index contributed by atoms with van der Waals surface area (Å²) < 4.78 is 12.9. The topological polar surface area (TPSA) is 62.3 Å². The number of nitrogens with one attached hydrogen (secondary N) is 1. The second-order valence-electron chi connectivity index (χ2n) is 6.61. The van der Waals surface area contributed by atoms with Gasteiger partial charge in [-0.25, -0.2) is 4.39 Å². The Hall–Kier alpha value is -3.54. The van der Waals surface area contributed by atoms with Gasteiger partial charge in [0.25, 0.3) is 5.91 Å². The van der Waals surface area contributed by atoms with E-state index >= 15 is 0 Å². The first-order valence-electron chi connectivity index (χ1n) is 11.1. The summed E-state index contributed by atoms with van der Waals surface area (Å²) in [5, 5.41) is 2.57. The van der Waals surface area contributed by atoms with Gasteiger partial charge in [-0.2, -0.15) is 0 Å². The molecule has 1 N–H and O–H groups in total. The van der Waals surface area contributed by atoms with Crippen LogP contribution in [-0.2, 0) is 9.59 Å². The summed E-state index contributed by atoms with van der Waals surface area (Å²) in [7, 11) is 0. The van der Waals surface area contributed by atoms with E-state index in [0.29, 0.717) is 29.1 Å². The van der Waals surface area contributed by atoms with E-state index < -0.39 is 11.7 Å². The third kappa shape index (κ3) is 10.1. The van der Waals surface area contributed by atoms with Crippen LogP contribution in [0.4, 0.5) is 10.1 Å². The number of Topliss-reactive ketones (excluding diaryl/α,β-unsaturated/α-hetero) is 1. The smallest absolute Gasteiger partial charge is 0.296 e. The molecule has 0 fully saturated rings. The van der Waals surface area contributed by atoms with Crippen LogP contribution in [0.2, 0.25) is 0 Å². The van der Waals surface area contributed by atoms with Gasteiger partial charge in [-0.05, 0) is 51.1 Å². The highest BCUT2D eigenvalue weighted by molar-refractivity contribution is 6.46. The predicted molar refractivity (Wildman–Crippen MR) is 136 cm³/mol. The van der Waals surface area contributed by atoms with Crippen LogP contribution < -0.4 is 5.32 Å². The number of hydrogen-bond donors (Lipinski definition) is 1. The minimum absolute atomic E-state index is 0.280. The molecule has 1 aromatic rings. The number of hydrogen-bond acceptors (Lipinski definition) is 4. The van der Waals surface area contributed by atoms with Crippen LogP contribution in [0.5, 0.6) is 0 Å². The first kappa shape index (κ1) is 29.5. The number of rotatable bonds is 7. The Morgan fingerprint density at radius 2 is 1.67 bits per heavy atom. The van der Waals surface area contributed by atoms with Crippen LogP contribution >= 0.6 is 0 Å². The zero-order chi connectivity index (χ0) is 25.4. The fourth-order valence-electron chi connectivity index (χ4n) is 2.66. The number of amides is 1. The Morgan fingerprint density at radius 3 is 2.24 bits per heavy atom. The Labute approximate surface area is 197 Å². The summed E-state index contributed by atoms with van der Waals surface area (Å²) in [6, 6.07) is 3.21.